The summed E-state index contributed by atoms with van der Waals surface area (Å²) in [5.41, 5.74) is 5.22. The van der Waals surface area contributed by atoms with Gasteiger partial charge in [0.1, 0.15) is 16.7 Å². The number of esters is 1. The van der Waals surface area contributed by atoms with Gasteiger partial charge in [-0.2, -0.15) is 9.37 Å². The van der Waals surface area contributed by atoms with Crippen LogP contribution in [0.15, 0.2) is 0 Å². The van der Waals surface area contributed by atoms with E-state index in [0.717, 1.165) is 0 Å². The minimum atomic E-state index is -1.03. The Balaban J connectivity index is 2.71. The number of nitrogens with zero attached hydrogens (tertiary/aromatic N) is 1. The van der Waals surface area contributed by atoms with Crippen LogP contribution in [0.25, 0.3) is 0 Å². The Morgan fingerprint density at radius 2 is 2.11 bits per heavy atom. The molecular formula is C9H8BrCl2FN2O3. The second-order valence-corrected chi connectivity index (χ2v) is 4.50. The highest BCUT2D eigenvalue weighted by Crippen LogP contribution is 2.35. The van der Waals surface area contributed by atoms with Crippen LogP contribution in [0, 0.1) is 5.95 Å². The van der Waals surface area contributed by atoms with E-state index in [2.05, 4.69) is 20.9 Å². The Morgan fingerprint density at radius 1 is 1.44 bits per heavy atom. The van der Waals surface area contributed by atoms with Crippen LogP contribution in [0.3, 0.4) is 0 Å². The maximum absolute atomic E-state index is 13.2. The summed E-state index contributed by atoms with van der Waals surface area (Å²) in [5.74, 6) is -1.98. The summed E-state index contributed by atoms with van der Waals surface area (Å²) >= 11 is 14.3. The largest absolute Gasteiger partial charge is 0.464 e. The van der Waals surface area contributed by atoms with Crippen molar-refractivity contribution in [1.82, 2.24) is 4.98 Å². The van der Waals surface area contributed by atoms with Crippen LogP contribution in [-0.2, 0) is 9.53 Å². The molecule has 1 rings (SSSR count). The SMILES string of the molecule is Nc1c(Cl)c(F)nc(OCC(=O)OCCBr)c1Cl. The Labute approximate surface area is 120 Å². The first kappa shape index (κ1) is 15.3. The number of nitrogens with two attached hydrogens (primary N) is 1. The lowest BCUT2D eigenvalue weighted by Gasteiger charge is -2.09. The van der Waals surface area contributed by atoms with E-state index in [1.54, 1.807) is 0 Å². The minimum Gasteiger partial charge on any atom is -0.464 e. The zero-order valence-electron chi connectivity index (χ0n) is 8.88. The van der Waals surface area contributed by atoms with Gasteiger partial charge in [0.15, 0.2) is 6.61 Å². The van der Waals surface area contributed by atoms with Crippen LogP contribution < -0.4 is 10.5 Å². The van der Waals surface area contributed by atoms with Crippen molar-refractivity contribution in [1.29, 1.82) is 0 Å². The molecule has 9 heteroatoms. The predicted molar refractivity (Wildman–Crippen MR) is 68.9 cm³/mol. The van der Waals surface area contributed by atoms with E-state index >= 15 is 0 Å². The molecule has 0 aliphatic carbocycles. The van der Waals surface area contributed by atoms with Crippen molar-refractivity contribution < 1.29 is 18.7 Å². The van der Waals surface area contributed by atoms with Crippen LogP contribution in [0.4, 0.5) is 10.1 Å². The van der Waals surface area contributed by atoms with Crippen LogP contribution in [0.2, 0.25) is 10.0 Å². The molecule has 0 radical (unpaired) electrons. The fourth-order valence-electron chi connectivity index (χ4n) is 0.927. The number of hydrogen-bond acceptors (Lipinski definition) is 5. The van der Waals surface area contributed by atoms with Crippen LogP contribution >= 0.6 is 39.1 Å². The van der Waals surface area contributed by atoms with Crippen LogP contribution in [0.5, 0.6) is 5.88 Å². The first-order valence-electron chi connectivity index (χ1n) is 4.61. The summed E-state index contributed by atoms with van der Waals surface area (Å²) in [5, 5.41) is -0.0517. The number of carbonyl (C=O) groups is 1. The fraction of sp³-hybridized carbons (Fsp3) is 0.333. The lowest BCUT2D eigenvalue weighted by molar-refractivity contribution is -0.145. The van der Waals surface area contributed by atoms with E-state index < -0.39 is 23.5 Å². The van der Waals surface area contributed by atoms with Gasteiger partial charge in [-0.1, -0.05) is 39.1 Å². The number of halogens is 4. The fourth-order valence-corrected chi connectivity index (χ4v) is 1.47. The molecule has 0 atom stereocenters. The predicted octanol–water partition coefficient (Wildman–Crippen LogP) is 2.43. The molecular weight excluding hydrogens is 354 g/mol. The number of anilines is 1. The molecule has 0 aliphatic rings. The number of rotatable bonds is 5. The van der Waals surface area contributed by atoms with E-state index in [1.165, 1.54) is 0 Å². The molecule has 0 aromatic carbocycles. The van der Waals surface area contributed by atoms with Gasteiger partial charge in [-0.15, -0.1) is 0 Å². The molecule has 5 nitrogen and oxygen atoms in total. The van der Waals surface area contributed by atoms with Gasteiger partial charge in [-0.05, 0) is 0 Å². The molecule has 0 spiro atoms. The van der Waals surface area contributed by atoms with Crippen molar-refractivity contribution in [3.8, 4) is 5.88 Å². The summed E-state index contributed by atoms with van der Waals surface area (Å²) in [4.78, 5) is 14.5. The Bertz CT molecular complexity index is 462. The van der Waals surface area contributed by atoms with Gasteiger partial charge >= 0.3 is 5.97 Å². The van der Waals surface area contributed by atoms with E-state index in [1.807, 2.05) is 0 Å². The van der Waals surface area contributed by atoms with E-state index in [9.17, 15) is 9.18 Å². The summed E-state index contributed by atoms with van der Waals surface area (Å²) in [6, 6.07) is 0. The average molecular weight is 362 g/mol. The zero-order valence-corrected chi connectivity index (χ0v) is 12.0. The molecule has 0 saturated carbocycles. The topological polar surface area (TPSA) is 74.4 Å². The van der Waals surface area contributed by atoms with Gasteiger partial charge in [0.2, 0.25) is 11.8 Å². The van der Waals surface area contributed by atoms with Crippen molar-refractivity contribution in [3.63, 3.8) is 0 Å². The molecule has 0 amide bonds. The van der Waals surface area contributed by atoms with Crippen LogP contribution in [0.1, 0.15) is 0 Å². The highest BCUT2D eigenvalue weighted by Gasteiger charge is 2.17. The Hall–Kier alpha value is -0.790. The molecule has 2 N–H and O–H groups in total. The lowest BCUT2D eigenvalue weighted by Crippen LogP contribution is -2.17. The molecule has 0 unspecified atom stereocenters. The number of aromatic nitrogens is 1. The highest BCUT2D eigenvalue weighted by atomic mass is 79.9. The summed E-state index contributed by atoms with van der Waals surface area (Å²) in [7, 11) is 0. The number of pyridine rings is 1. The molecule has 0 aliphatic heterocycles. The zero-order chi connectivity index (χ0) is 13.7. The minimum absolute atomic E-state index is 0.158. The maximum Gasteiger partial charge on any atom is 0.344 e. The van der Waals surface area contributed by atoms with Gasteiger partial charge in [0.25, 0.3) is 0 Å². The standard InChI is InChI=1S/C9H8BrCl2FN2O3/c10-1-2-17-4(16)3-18-9-6(12)7(14)5(11)8(13)15-9/h1-3H2,(H2,14,15). The van der Waals surface area contributed by atoms with Gasteiger partial charge < -0.3 is 15.2 Å². The van der Waals surface area contributed by atoms with E-state index in [-0.39, 0.29) is 23.2 Å². The number of ether oxygens (including phenoxy) is 2. The first-order chi connectivity index (χ1) is 8.47. The van der Waals surface area contributed by atoms with Crippen LogP contribution in [-0.4, -0.2) is 29.5 Å². The second kappa shape index (κ2) is 6.96. The van der Waals surface area contributed by atoms with Crippen molar-refractivity contribution >= 4 is 50.8 Å². The molecule has 1 heterocycles. The highest BCUT2D eigenvalue weighted by molar-refractivity contribution is 9.09. The van der Waals surface area contributed by atoms with Crippen molar-refractivity contribution in [3.05, 3.63) is 16.0 Å². The third kappa shape index (κ3) is 3.86. The molecule has 0 saturated heterocycles. The van der Waals surface area contributed by atoms with Crippen molar-refractivity contribution in [2.75, 3.05) is 24.3 Å². The maximum atomic E-state index is 13.2. The molecule has 18 heavy (non-hydrogen) atoms. The quantitative estimate of drug-likeness (QED) is 0.495. The molecule has 1 aromatic heterocycles. The number of nitrogen functional groups attached to an aromatic ring is 1. The summed E-state index contributed by atoms with van der Waals surface area (Å²) in [6.45, 7) is -0.263. The summed E-state index contributed by atoms with van der Waals surface area (Å²) in [6.07, 6.45) is 0. The Kier molecular flexibility index (Phi) is 5.90. The van der Waals surface area contributed by atoms with Crippen molar-refractivity contribution in [2.24, 2.45) is 0 Å². The van der Waals surface area contributed by atoms with E-state index in [4.69, 9.17) is 38.4 Å². The number of carbonyl (C=O) groups excluding carboxylic acids is 1. The molecule has 0 fully saturated rings. The lowest BCUT2D eigenvalue weighted by atomic mass is 10.4. The number of hydrogen-bond donors (Lipinski definition) is 1. The summed E-state index contributed by atoms with van der Waals surface area (Å²) < 4.78 is 22.8. The monoisotopic (exact) mass is 360 g/mol. The van der Waals surface area contributed by atoms with Gasteiger partial charge in [0.05, 0.1) is 5.69 Å². The van der Waals surface area contributed by atoms with Gasteiger partial charge in [-0.25, -0.2) is 4.79 Å². The number of alkyl halides is 1. The Morgan fingerprint density at radius 3 is 2.72 bits per heavy atom. The smallest absolute Gasteiger partial charge is 0.344 e. The molecule has 0 bridgehead atoms. The normalized spacial score (nSPS) is 10.2. The third-order valence-corrected chi connectivity index (χ3v) is 2.76. The van der Waals surface area contributed by atoms with E-state index in [0.29, 0.717) is 5.33 Å². The molecule has 1 aromatic rings. The average Bonchev–Trinajstić information content (AvgIpc) is 2.36. The third-order valence-electron chi connectivity index (χ3n) is 1.71. The second-order valence-electron chi connectivity index (χ2n) is 2.95. The first-order valence-corrected chi connectivity index (χ1v) is 6.49. The molecule has 100 valence electrons. The van der Waals surface area contributed by atoms with Gasteiger partial charge in [-0.3, -0.25) is 0 Å². The van der Waals surface area contributed by atoms with Gasteiger partial charge in [0, 0.05) is 5.33 Å². The van der Waals surface area contributed by atoms with Crippen molar-refractivity contribution in [2.45, 2.75) is 0 Å².